The standard InChI is InChI=1S/C12H11N3O3/c1-8-7-12(9(2)16)13-14(8)10-3-5-11(6-4-10)15(17)18/h3-7H,1-2H3. The van der Waals surface area contributed by atoms with Crippen LogP contribution in [-0.4, -0.2) is 20.5 Å². The van der Waals surface area contributed by atoms with Crippen molar-refractivity contribution in [2.75, 3.05) is 0 Å². The van der Waals surface area contributed by atoms with E-state index in [0.29, 0.717) is 11.4 Å². The van der Waals surface area contributed by atoms with Gasteiger partial charge in [0.15, 0.2) is 5.78 Å². The van der Waals surface area contributed by atoms with Crippen molar-refractivity contribution in [2.24, 2.45) is 0 Å². The molecule has 0 amide bonds. The maximum atomic E-state index is 11.2. The number of nitro groups is 1. The second-order valence-corrected chi connectivity index (χ2v) is 3.91. The van der Waals surface area contributed by atoms with Gasteiger partial charge in [0.05, 0.1) is 10.6 Å². The van der Waals surface area contributed by atoms with Gasteiger partial charge in [-0.05, 0) is 25.1 Å². The molecule has 0 aliphatic carbocycles. The molecule has 2 aromatic rings. The summed E-state index contributed by atoms with van der Waals surface area (Å²) in [5, 5.41) is 14.7. The van der Waals surface area contributed by atoms with Crippen molar-refractivity contribution < 1.29 is 9.72 Å². The maximum absolute atomic E-state index is 11.2. The van der Waals surface area contributed by atoms with E-state index in [-0.39, 0.29) is 11.5 Å². The van der Waals surface area contributed by atoms with Crippen LogP contribution in [0.5, 0.6) is 0 Å². The molecule has 6 nitrogen and oxygen atoms in total. The van der Waals surface area contributed by atoms with Crippen LogP contribution in [0.25, 0.3) is 5.69 Å². The fourth-order valence-corrected chi connectivity index (χ4v) is 1.62. The average Bonchev–Trinajstić information content (AvgIpc) is 2.71. The molecule has 0 saturated carbocycles. The number of Topliss-reactive ketones (excluding diaryl/α,β-unsaturated/α-hetero) is 1. The Morgan fingerprint density at radius 1 is 1.33 bits per heavy atom. The molecule has 0 aliphatic rings. The quantitative estimate of drug-likeness (QED) is 0.472. The fourth-order valence-electron chi connectivity index (χ4n) is 1.62. The second kappa shape index (κ2) is 4.40. The van der Waals surface area contributed by atoms with Gasteiger partial charge >= 0.3 is 0 Å². The van der Waals surface area contributed by atoms with Crippen LogP contribution >= 0.6 is 0 Å². The molecule has 0 bridgehead atoms. The minimum absolute atomic E-state index is 0.0235. The fraction of sp³-hybridized carbons (Fsp3) is 0.167. The zero-order valence-corrected chi connectivity index (χ0v) is 9.95. The van der Waals surface area contributed by atoms with Crippen molar-refractivity contribution in [3.8, 4) is 5.69 Å². The highest BCUT2D eigenvalue weighted by atomic mass is 16.6. The van der Waals surface area contributed by atoms with E-state index in [0.717, 1.165) is 5.69 Å². The third kappa shape index (κ3) is 2.13. The van der Waals surface area contributed by atoms with Gasteiger partial charge in [-0.3, -0.25) is 14.9 Å². The molecule has 1 aromatic carbocycles. The average molecular weight is 245 g/mol. The van der Waals surface area contributed by atoms with E-state index >= 15 is 0 Å². The number of aryl methyl sites for hydroxylation is 1. The van der Waals surface area contributed by atoms with Gasteiger partial charge in [0, 0.05) is 24.8 Å². The molecule has 0 saturated heterocycles. The molecule has 0 N–H and O–H groups in total. The predicted molar refractivity (Wildman–Crippen MR) is 65.0 cm³/mol. The molecule has 0 fully saturated rings. The van der Waals surface area contributed by atoms with Crippen molar-refractivity contribution in [2.45, 2.75) is 13.8 Å². The Balaban J connectivity index is 2.42. The predicted octanol–water partition coefficient (Wildman–Crippen LogP) is 2.29. The van der Waals surface area contributed by atoms with Crippen LogP contribution in [0, 0.1) is 17.0 Å². The van der Waals surface area contributed by atoms with Crippen LogP contribution in [0.2, 0.25) is 0 Å². The number of carbonyl (C=O) groups excluding carboxylic acids is 1. The molecule has 0 atom stereocenters. The molecule has 1 heterocycles. The smallest absolute Gasteiger partial charge is 0.269 e. The van der Waals surface area contributed by atoms with E-state index in [2.05, 4.69) is 5.10 Å². The van der Waals surface area contributed by atoms with E-state index in [9.17, 15) is 14.9 Å². The van der Waals surface area contributed by atoms with Crippen molar-refractivity contribution in [1.29, 1.82) is 0 Å². The van der Waals surface area contributed by atoms with E-state index in [4.69, 9.17) is 0 Å². The Morgan fingerprint density at radius 2 is 1.94 bits per heavy atom. The van der Waals surface area contributed by atoms with Crippen LogP contribution in [0.1, 0.15) is 23.1 Å². The van der Waals surface area contributed by atoms with E-state index in [1.54, 1.807) is 22.9 Å². The minimum Gasteiger partial charge on any atom is -0.293 e. The molecule has 6 heteroatoms. The molecule has 0 unspecified atom stereocenters. The van der Waals surface area contributed by atoms with Crippen LogP contribution in [0.4, 0.5) is 5.69 Å². The summed E-state index contributed by atoms with van der Waals surface area (Å²) in [6, 6.07) is 7.70. The molecule has 2 rings (SSSR count). The highest BCUT2D eigenvalue weighted by Crippen LogP contribution is 2.17. The number of nitrogens with zero attached hydrogens (tertiary/aromatic N) is 3. The van der Waals surface area contributed by atoms with Crippen LogP contribution in [0.3, 0.4) is 0 Å². The normalized spacial score (nSPS) is 10.3. The number of ketones is 1. The molecular formula is C12H11N3O3. The summed E-state index contributed by atoms with van der Waals surface area (Å²) in [6.07, 6.45) is 0. The first-order valence-corrected chi connectivity index (χ1v) is 5.31. The largest absolute Gasteiger partial charge is 0.293 e. The molecule has 92 valence electrons. The molecular weight excluding hydrogens is 234 g/mol. The zero-order valence-electron chi connectivity index (χ0n) is 9.95. The third-order valence-electron chi connectivity index (χ3n) is 2.55. The number of non-ortho nitro benzene ring substituents is 1. The van der Waals surface area contributed by atoms with Crippen molar-refractivity contribution in [3.63, 3.8) is 0 Å². The first-order chi connectivity index (χ1) is 8.49. The Bertz CT molecular complexity index is 614. The second-order valence-electron chi connectivity index (χ2n) is 3.91. The van der Waals surface area contributed by atoms with E-state index in [1.807, 2.05) is 6.92 Å². The Morgan fingerprint density at radius 3 is 2.39 bits per heavy atom. The summed E-state index contributed by atoms with van der Waals surface area (Å²) in [5.74, 6) is -0.112. The molecule has 1 aromatic heterocycles. The number of hydrogen-bond donors (Lipinski definition) is 0. The summed E-state index contributed by atoms with van der Waals surface area (Å²) >= 11 is 0. The topological polar surface area (TPSA) is 78.0 Å². The number of carbonyl (C=O) groups is 1. The maximum Gasteiger partial charge on any atom is 0.269 e. The lowest BCUT2D eigenvalue weighted by atomic mass is 10.3. The summed E-state index contributed by atoms with van der Waals surface area (Å²) in [4.78, 5) is 21.3. The molecule has 0 spiro atoms. The van der Waals surface area contributed by atoms with Gasteiger partial charge in [0.25, 0.3) is 5.69 Å². The lowest BCUT2D eigenvalue weighted by Gasteiger charge is -2.03. The summed E-state index contributed by atoms with van der Waals surface area (Å²) in [6.45, 7) is 3.27. The van der Waals surface area contributed by atoms with Crippen LogP contribution in [0.15, 0.2) is 30.3 Å². The van der Waals surface area contributed by atoms with Crippen molar-refractivity contribution in [1.82, 2.24) is 9.78 Å². The van der Waals surface area contributed by atoms with Gasteiger partial charge in [0.1, 0.15) is 5.69 Å². The van der Waals surface area contributed by atoms with Gasteiger partial charge in [-0.1, -0.05) is 0 Å². The lowest BCUT2D eigenvalue weighted by Crippen LogP contribution is -2.01. The SMILES string of the molecule is CC(=O)c1cc(C)n(-c2ccc([N+](=O)[O-])cc2)n1. The monoisotopic (exact) mass is 245 g/mol. The van der Waals surface area contributed by atoms with Gasteiger partial charge in [-0.25, -0.2) is 4.68 Å². The Hall–Kier alpha value is -2.50. The van der Waals surface area contributed by atoms with E-state index < -0.39 is 4.92 Å². The first-order valence-electron chi connectivity index (χ1n) is 5.31. The zero-order chi connectivity index (χ0) is 13.3. The molecule has 0 radical (unpaired) electrons. The van der Waals surface area contributed by atoms with Gasteiger partial charge in [0.2, 0.25) is 0 Å². The highest BCUT2D eigenvalue weighted by Gasteiger charge is 2.11. The van der Waals surface area contributed by atoms with Gasteiger partial charge < -0.3 is 0 Å². The number of benzene rings is 1. The number of hydrogen-bond acceptors (Lipinski definition) is 4. The number of nitro benzene ring substituents is 1. The van der Waals surface area contributed by atoms with Gasteiger partial charge in [-0.2, -0.15) is 5.10 Å². The van der Waals surface area contributed by atoms with E-state index in [1.165, 1.54) is 19.1 Å². The summed E-state index contributed by atoms with van der Waals surface area (Å²) in [7, 11) is 0. The molecule has 0 aliphatic heterocycles. The Kier molecular flexibility index (Phi) is 2.93. The highest BCUT2D eigenvalue weighted by molar-refractivity contribution is 5.92. The van der Waals surface area contributed by atoms with Crippen LogP contribution < -0.4 is 0 Å². The molecule has 18 heavy (non-hydrogen) atoms. The summed E-state index contributed by atoms with van der Waals surface area (Å²) < 4.78 is 1.58. The first kappa shape index (κ1) is 12.0. The Labute approximate surface area is 103 Å². The minimum atomic E-state index is -0.458. The van der Waals surface area contributed by atoms with Crippen LogP contribution in [-0.2, 0) is 0 Å². The van der Waals surface area contributed by atoms with Gasteiger partial charge in [-0.15, -0.1) is 0 Å². The summed E-state index contributed by atoms with van der Waals surface area (Å²) in [5.41, 5.74) is 1.89. The van der Waals surface area contributed by atoms with Crippen molar-refractivity contribution in [3.05, 3.63) is 51.8 Å². The number of rotatable bonds is 3. The van der Waals surface area contributed by atoms with Crippen molar-refractivity contribution >= 4 is 11.5 Å². The lowest BCUT2D eigenvalue weighted by molar-refractivity contribution is -0.384. The number of aromatic nitrogens is 2. The third-order valence-corrected chi connectivity index (χ3v) is 2.55.